The smallest absolute Gasteiger partial charge is 0.458 e. The normalized spacial score (nSPS) is 17.7. The maximum Gasteiger partial charge on any atom is 0.534 e. The van der Waals surface area contributed by atoms with Crippen LogP contribution in [0.25, 0.3) is 0 Å². The monoisotopic (exact) mass is 663 g/mol. The fourth-order valence-corrected chi connectivity index (χ4v) is 5.40. The highest BCUT2D eigenvalue weighted by molar-refractivity contribution is 7.88. The lowest BCUT2D eigenvalue weighted by molar-refractivity contribution is -0.147. The second-order valence-electron chi connectivity index (χ2n) is 10.2. The molecule has 1 aliphatic heterocycles. The lowest BCUT2D eigenvalue weighted by atomic mass is 9.78. The van der Waals surface area contributed by atoms with Gasteiger partial charge in [-0.2, -0.15) is 21.6 Å². The topological polar surface area (TPSA) is 119 Å². The highest BCUT2D eigenvalue weighted by Gasteiger charge is 2.50. The molecule has 0 aliphatic carbocycles. The van der Waals surface area contributed by atoms with Gasteiger partial charge in [0, 0.05) is 24.8 Å². The molecule has 0 aromatic heterocycles. The zero-order valence-corrected chi connectivity index (χ0v) is 25.3. The molecule has 0 radical (unpaired) electrons. The molecule has 46 heavy (non-hydrogen) atoms. The minimum atomic E-state index is -5.89. The molecule has 1 fully saturated rings. The summed E-state index contributed by atoms with van der Waals surface area (Å²) in [4.78, 5) is 26.9. The second-order valence-corrected chi connectivity index (χ2v) is 11.7. The van der Waals surface area contributed by atoms with Crippen LogP contribution >= 0.6 is 0 Å². The van der Waals surface area contributed by atoms with Crippen molar-refractivity contribution in [3.63, 3.8) is 0 Å². The second kappa shape index (κ2) is 14.3. The van der Waals surface area contributed by atoms with E-state index in [0.717, 1.165) is 12.1 Å². The largest absolute Gasteiger partial charge is 0.534 e. The number of amides is 1. The van der Waals surface area contributed by atoms with Gasteiger partial charge in [-0.3, -0.25) is 9.59 Å². The van der Waals surface area contributed by atoms with Crippen molar-refractivity contribution in [1.82, 2.24) is 0 Å². The van der Waals surface area contributed by atoms with E-state index < -0.39 is 57.5 Å². The maximum atomic E-state index is 13.6. The van der Waals surface area contributed by atoms with E-state index in [9.17, 15) is 40.7 Å². The van der Waals surface area contributed by atoms with Crippen molar-refractivity contribution in [2.45, 2.75) is 50.6 Å². The minimum Gasteiger partial charge on any atom is -0.458 e. The lowest BCUT2D eigenvalue weighted by Crippen LogP contribution is -2.55. The third kappa shape index (κ3) is 8.22. The van der Waals surface area contributed by atoms with Crippen LogP contribution in [0, 0.1) is 23.6 Å². The Morgan fingerprint density at radius 2 is 1.65 bits per heavy atom. The molecule has 0 saturated carbocycles. The van der Waals surface area contributed by atoms with Crippen LogP contribution in [0.15, 0.2) is 72.8 Å². The van der Waals surface area contributed by atoms with E-state index in [1.165, 1.54) is 48.2 Å². The van der Waals surface area contributed by atoms with E-state index in [1.807, 2.05) is 0 Å². The van der Waals surface area contributed by atoms with Crippen LogP contribution in [-0.2, 0) is 29.2 Å². The van der Waals surface area contributed by atoms with Gasteiger partial charge in [0.1, 0.15) is 17.7 Å². The summed E-state index contributed by atoms with van der Waals surface area (Å²) in [5, 5.41) is 9.68. The molecule has 9 nitrogen and oxygen atoms in total. The van der Waals surface area contributed by atoms with E-state index in [0.29, 0.717) is 22.4 Å². The third-order valence-corrected chi connectivity index (χ3v) is 8.00. The Labute approximate surface area is 262 Å². The molecule has 4 atom stereocenters. The molecule has 244 valence electrons. The fourth-order valence-electron chi connectivity index (χ4n) is 4.95. The fraction of sp³-hybridized carbons (Fsp3) is 0.312. The lowest BCUT2D eigenvalue weighted by Gasteiger charge is -2.48. The van der Waals surface area contributed by atoms with E-state index in [4.69, 9.17) is 9.47 Å². The van der Waals surface area contributed by atoms with Crippen LogP contribution in [-0.4, -0.2) is 43.8 Å². The number of aliphatic hydroxyl groups is 1. The number of nitrogens with zero attached hydrogens (tertiary/aromatic N) is 1. The quantitative estimate of drug-likeness (QED) is 0.0540. The van der Waals surface area contributed by atoms with Gasteiger partial charge in [-0.15, -0.1) is 0 Å². The molecule has 3 aromatic rings. The SMILES string of the molecule is CCOC(O)C#Cc1ccc(N2C(=O)[C@H](CC[C@H](OC(C)=O)c3ccc(F)cc3)[C@H]2c2ccc(OS(=O)(=O)C(F)(F)F)cc2)cc1. The van der Waals surface area contributed by atoms with Crippen molar-refractivity contribution in [1.29, 1.82) is 0 Å². The number of anilines is 1. The molecule has 1 aliphatic rings. The average Bonchev–Trinajstić information content (AvgIpc) is 2.99. The summed E-state index contributed by atoms with van der Waals surface area (Å²) in [7, 11) is -5.89. The third-order valence-electron chi connectivity index (χ3n) is 7.02. The molecule has 4 rings (SSSR count). The van der Waals surface area contributed by atoms with Crippen LogP contribution in [0.3, 0.4) is 0 Å². The standard InChI is InChI=1S/C32H29F4NO8S/c1-3-43-29(39)19-6-21-4-13-25(14-5-21)37-30(23-9-15-26(16-10-23)45-46(41,42)32(34,35)36)27(31(37)40)17-18-28(44-20(2)38)22-7-11-24(33)12-8-22/h4-5,7-16,27-30,39H,3,17-18H2,1-2H3/t27-,28+,29?,30-/m1/s1. The zero-order valence-electron chi connectivity index (χ0n) is 24.5. The first kappa shape index (κ1) is 34.4. The molecule has 14 heteroatoms. The van der Waals surface area contributed by atoms with Crippen molar-refractivity contribution in [3.8, 4) is 17.6 Å². The number of halogens is 4. The molecule has 0 bridgehead atoms. The summed E-state index contributed by atoms with van der Waals surface area (Å²) < 4.78 is 89.5. The molecule has 1 saturated heterocycles. The number of hydrogen-bond donors (Lipinski definition) is 1. The predicted octanol–water partition coefficient (Wildman–Crippen LogP) is 5.55. The van der Waals surface area contributed by atoms with Crippen LogP contribution in [0.4, 0.5) is 23.2 Å². The first-order valence-electron chi connectivity index (χ1n) is 14.0. The van der Waals surface area contributed by atoms with Crippen molar-refractivity contribution in [3.05, 3.63) is 95.3 Å². The maximum absolute atomic E-state index is 13.6. The van der Waals surface area contributed by atoms with Gasteiger partial charge in [0.05, 0.1) is 12.0 Å². The molecular formula is C32H29F4NO8S. The summed E-state index contributed by atoms with van der Waals surface area (Å²) in [6, 6.07) is 16.1. The molecule has 1 amide bonds. The summed E-state index contributed by atoms with van der Waals surface area (Å²) in [5.74, 6) is 2.70. The molecule has 1 heterocycles. The van der Waals surface area contributed by atoms with Crippen molar-refractivity contribution in [2.24, 2.45) is 5.92 Å². The number of benzene rings is 3. The molecule has 0 spiro atoms. The molecule has 3 aromatic carbocycles. The van der Waals surface area contributed by atoms with Gasteiger partial charge in [-0.25, -0.2) is 4.39 Å². The number of alkyl halides is 3. The number of hydrogen-bond acceptors (Lipinski definition) is 8. The van der Waals surface area contributed by atoms with Crippen molar-refractivity contribution >= 4 is 27.7 Å². The summed E-state index contributed by atoms with van der Waals surface area (Å²) in [6.45, 7) is 3.20. The Morgan fingerprint density at radius 3 is 2.22 bits per heavy atom. The zero-order chi connectivity index (χ0) is 33.6. The number of ether oxygens (including phenoxy) is 2. The Hall–Kier alpha value is -4.45. The molecule has 1 unspecified atom stereocenters. The Kier molecular flexibility index (Phi) is 10.7. The van der Waals surface area contributed by atoms with Gasteiger partial charge in [-0.05, 0) is 85.3 Å². The number of carbonyl (C=O) groups excluding carboxylic acids is 2. The molecule has 1 N–H and O–H groups in total. The number of carbonyl (C=O) groups is 2. The van der Waals surface area contributed by atoms with Crippen LogP contribution in [0.1, 0.15) is 55.5 Å². The number of esters is 1. The van der Waals surface area contributed by atoms with E-state index in [2.05, 4.69) is 16.0 Å². The Morgan fingerprint density at radius 1 is 1.02 bits per heavy atom. The van der Waals surface area contributed by atoms with Crippen LogP contribution in [0.5, 0.6) is 5.75 Å². The van der Waals surface area contributed by atoms with Gasteiger partial charge in [0.25, 0.3) is 0 Å². The first-order chi connectivity index (χ1) is 21.7. The number of β-lactam (4-membered cyclic amide) rings is 1. The average molecular weight is 664 g/mol. The molecular weight excluding hydrogens is 634 g/mol. The van der Waals surface area contributed by atoms with E-state index in [-0.39, 0.29) is 25.4 Å². The van der Waals surface area contributed by atoms with Crippen LogP contribution < -0.4 is 9.08 Å². The Bertz CT molecular complexity index is 1700. The number of aliphatic hydroxyl groups excluding tert-OH is 1. The summed E-state index contributed by atoms with van der Waals surface area (Å²) in [6.07, 6.45) is -1.66. The minimum absolute atomic E-state index is 0.188. The Balaban J connectivity index is 1.61. The highest BCUT2D eigenvalue weighted by atomic mass is 32.2. The van der Waals surface area contributed by atoms with Crippen molar-refractivity contribution < 1.29 is 54.3 Å². The summed E-state index contributed by atoms with van der Waals surface area (Å²) in [5.41, 5.74) is -3.63. The van der Waals surface area contributed by atoms with E-state index >= 15 is 0 Å². The predicted molar refractivity (Wildman–Crippen MR) is 157 cm³/mol. The van der Waals surface area contributed by atoms with Gasteiger partial charge in [0.2, 0.25) is 12.2 Å². The first-order valence-corrected chi connectivity index (χ1v) is 15.4. The highest BCUT2D eigenvalue weighted by Crippen LogP contribution is 2.47. The van der Waals surface area contributed by atoms with Gasteiger partial charge < -0.3 is 23.7 Å². The van der Waals surface area contributed by atoms with Crippen molar-refractivity contribution in [2.75, 3.05) is 11.5 Å². The summed E-state index contributed by atoms with van der Waals surface area (Å²) >= 11 is 0. The van der Waals surface area contributed by atoms with E-state index in [1.54, 1.807) is 31.2 Å². The van der Waals surface area contributed by atoms with Crippen LogP contribution in [0.2, 0.25) is 0 Å². The van der Waals surface area contributed by atoms with Gasteiger partial charge in [-0.1, -0.05) is 30.2 Å². The van der Waals surface area contributed by atoms with Gasteiger partial charge in [0.15, 0.2) is 0 Å². The number of rotatable bonds is 11. The van der Waals surface area contributed by atoms with Gasteiger partial charge >= 0.3 is 21.6 Å².